The molecule has 1 aliphatic heterocycles. The van der Waals surface area contributed by atoms with E-state index < -0.39 is 22.7 Å². The van der Waals surface area contributed by atoms with Crippen molar-refractivity contribution in [2.75, 3.05) is 18.6 Å². The van der Waals surface area contributed by atoms with Gasteiger partial charge in [-0.1, -0.05) is 11.3 Å². The van der Waals surface area contributed by atoms with Gasteiger partial charge in [-0.15, -0.1) is 0 Å². The number of aliphatic hydroxyl groups excluding tert-OH is 1. The largest absolute Gasteiger partial charge is 0.507 e. The van der Waals surface area contributed by atoms with Gasteiger partial charge in [-0.05, 0) is 67.1 Å². The summed E-state index contributed by atoms with van der Waals surface area (Å²) in [6.07, 6.45) is 0. The van der Waals surface area contributed by atoms with Crippen LogP contribution in [-0.4, -0.2) is 40.4 Å². The molecule has 192 valence electrons. The molecule has 2 heterocycles. The Bertz CT molecular complexity index is 1590. The minimum Gasteiger partial charge on any atom is -0.507 e. The molecule has 38 heavy (non-hydrogen) atoms. The van der Waals surface area contributed by atoms with Crippen LogP contribution >= 0.6 is 11.3 Å². The summed E-state index contributed by atoms with van der Waals surface area (Å²) in [5, 5.41) is 22.7. The lowest BCUT2D eigenvalue weighted by Crippen LogP contribution is -2.29. The maximum atomic E-state index is 13.4. The SMILES string of the molecule is CCOc1ccc(C(O)=C2C(=O)C(=O)N(c3nc4ccc(OC)cc4s3)[C@H]2c2ccc([N+](=O)[O-])cc2)cc1. The molecule has 3 aromatic carbocycles. The van der Waals surface area contributed by atoms with Gasteiger partial charge < -0.3 is 14.6 Å². The minimum absolute atomic E-state index is 0.148. The summed E-state index contributed by atoms with van der Waals surface area (Å²) in [5.41, 5.74) is 1.02. The first-order chi connectivity index (χ1) is 18.3. The molecule has 1 amide bonds. The smallest absolute Gasteiger partial charge is 0.301 e. The second kappa shape index (κ2) is 9.94. The number of ketones is 1. The molecule has 1 aromatic heterocycles. The summed E-state index contributed by atoms with van der Waals surface area (Å²) in [6, 6.07) is 16.2. The number of non-ortho nitro benzene ring substituents is 1. The molecule has 1 aliphatic rings. The Kier molecular flexibility index (Phi) is 6.52. The maximum Gasteiger partial charge on any atom is 0.301 e. The predicted octanol–water partition coefficient (Wildman–Crippen LogP) is 5.24. The molecule has 1 atom stereocenters. The van der Waals surface area contributed by atoms with Crippen LogP contribution in [0.4, 0.5) is 10.8 Å². The predicted molar refractivity (Wildman–Crippen MR) is 142 cm³/mol. The molecule has 10 nitrogen and oxygen atoms in total. The van der Waals surface area contributed by atoms with Gasteiger partial charge in [-0.2, -0.15) is 0 Å². The number of anilines is 1. The molecule has 0 unspecified atom stereocenters. The van der Waals surface area contributed by atoms with Crippen molar-refractivity contribution in [3.8, 4) is 11.5 Å². The average molecular weight is 532 g/mol. The summed E-state index contributed by atoms with van der Waals surface area (Å²) in [7, 11) is 1.54. The summed E-state index contributed by atoms with van der Waals surface area (Å²) in [5.74, 6) is -0.943. The fraction of sp³-hybridized carbons (Fsp3) is 0.148. The van der Waals surface area contributed by atoms with Crippen molar-refractivity contribution in [2.24, 2.45) is 0 Å². The molecule has 11 heteroatoms. The number of Topliss-reactive ketones (excluding diaryl/α,β-unsaturated/α-hetero) is 1. The topological polar surface area (TPSA) is 132 Å². The third-order valence-corrected chi connectivity index (χ3v) is 7.11. The zero-order valence-electron chi connectivity index (χ0n) is 20.3. The number of ether oxygens (including phenoxy) is 2. The zero-order chi connectivity index (χ0) is 27.0. The van der Waals surface area contributed by atoms with E-state index in [2.05, 4.69) is 4.98 Å². The molecule has 5 rings (SSSR count). The number of carbonyl (C=O) groups is 2. The number of amides is 1. The Balaban J connectivity index is 1.67. The van der Waals surface area contributed by atoms with E-state index in [1.54, 1.807) is 42.5 Å². The van der Waals surface area contributed by atoms with Crippen LogP contribution in [-0.2, 0) is 9.59 Å². The highest BCUT2D eigenvalue weighted by atomic mass is 32.1. The lowest BCUT2D eigenvalue weighted by atomic mass is 9.95. The van der Waals surface area contributed by atoms with Crippen LogP contribution < -0.4 is 14.4 Å². The van der Waals surface area contributed by atoms with Gasteiger partial charge in [0.15, 0.2) is 5.13 Å². The lowest BCUT2D eigenvalue weighted by Gasteiger charge is -2.22. The van der Waals surface area contributed by atoms with Gasteiger partial charge >= 0.3 is 5.91 Å². The number of aliphatic hydroxyl groups is 1. The molecule has 0 spiro atoms. The number of nitro benzene ring substituents is 1. The average Bonchev–Trinajstić information content (AvgIpc) is 3.46. The van der Waals surface area contributed by atoms with Crippen molar-refractivity contribution >= 4 is 49.8 Å². The number of hydrogen-bond acceptors (Lipinski definition) is 9. The van der Waals surface area contributed by atoms with E-state index >= 15 is 0 Å². The normalized spacial score (nSPS) is 16.7. The number of nitrogens with zero attached hydrogens (tertiary/aromatic N) is 3. The first kappa shape index (κ1) is 24.9. The van der Waals surface area contributed by atoms with Crippen LogP contribution in [0.1, 0.15) is 24.1 Å². The number of methoxy groups -OCH3 is 1. The molecule has 0 radical (unpaired) electrons. The van der Waals surface area contributed by atoms with E-state index in [1.807, 2.05) is 6.92 Å². The monoisotopic (exact) mass is 531 g/mol. The fourth-order valence-corrected chi connectivity index (χ4v) is 5.30. The van der Waals surface area contributed by atoms with E-state index in [1.165, 1.54) is 47.6 Å². The zero-order valence-corrected chi connectivity index (χ0v) is 21.1. The number of benzene rings is 3. The van der Waals surface area contributed by atoms with Crippen LogP contribution in [0.25, 0.3) is 16.0 Å². The highest BCUT2D eigenvalue weighted by Crippen LogP contribution is 2.45. The molecule has 1 fully saturated rings. The Labute approximate surface area is 220 Å². The van der Waals surface area contributed by atoms with Gasteiger partial charge in [0.2, 0.25) is 0 Å². The molecule has 1 N–H and O–H groups in total. The fourth-order valence-electron chi connectivity index (χ4n) is 4.28. The third kappa shape index (κ3) is 4.33. The first-order valence-electron chi connectivity index (χ1n) is 11.6. The van der Waals surface area contributed by atoms with Crippen molar-refractivity contribution < 1.29 is 29.1 Å². The van der Waals surface area contributed by atoms with Crippen molar-refractivity contribution in [3.05, 3.63) is 93.5 Å². The first-order valence-corrected chi connectivity index (χ1v) is 12.4. The number of aromatic nitrogens is 1. The van der Waals surface area contributed by atoms with Gasteiger partial charge in [0.25, 0.3) is 11.5 Å². The van der Waals surface area contributed by atoms with Gasteiger partial charge in [0.05, 0.1) is 40.5 Å². The van der Waals surface area contributed by atoms with Crippen molar-refractivity contribution in [1.29, 1.82) is 0 Å². The molecular formula is C27H21N3O7S. The van der Waals surface area contributed by atoms with Crippen LogP contribution in [0.15, 0.2) is 72.3 Å². The Hall–Kier alpha value is -4.77. The summed E-state index contributed by atoms with van der Waals surface area (Å²) in [6.45, 7) is 2.31. The van der Waals surface area contributed by atoms with Crippen molar-refractivity contribution in [2.45, 2.75) is 13.0 Å². The molecule has 0 aliphatic carbocycles. The van der Waals surface area contributed by atoms with E-state index in [9.17, 15) is 24.8 Å². The number of fused-ring (bicyclic) bond motifs is 1. The summed E-state index contributed by atoms with van der Waals surface area (Å²) >= 11 is 1.19. The van der Waals surface area contributed by atoms with Crippen LogP contribution in [0.5, 0.6) is 11.5 Å². The third-order valence-electron chi connectivity index (χ3n) is 6.09. The van der Waals surface area contributed by atoms with E-state index in [0.717, 1.165) is 4.70 Å². The van der Waals surface area contributed by atoms with E-state index in [4.69, 9.17) is 9.47 Å². The molecule has 0 bridgehead atoms. The Morgan fingerprint density at radius 3 is 2.39 bits per heavy atom. The maximum absolute atomic E-state index is 13.4. The number of rotatable bonds is 7. The number of hydrogen-bond donors (Lipinski definition) is 1. The van der Waals surface area contributed by atoms with Crippen LogP contribution in [0.3, 0.4) is 0 Å². The van der Waals surface area contributed by atoms with Gasteiger partial charge in [0, 0.05) is 17.7 Å². The summed E-state index contributed by atoms with van der Waals surface area (Å²) < 4.78 is 11.5. The molecule has 0 saturated carbocycles. The van der Waals surface area contributed by atoms with Crippen molar-refractivity contribution in [3.63, 3.8) is 0 Å². The van der Waals surface area contributed by atoms with E-state index in [0.29, 0.717) is 34.7 Å². The molecular weight excluding hydrogens is 510 g/mol. The summed E-state index contributed by atoms with van der Waals surface area (Å²) in [4.78, 5) is 43.2. The van der Waals surface area contributed by atoms with Crippen LogP contribution in [0, 0.1) is 10.1 Å². The lowest BCUT2D eigenvalue weighted by molar-refractivity contribution is -0.384. The number of nitro groups is 1. The highest BCUT2D eigenvalue weighted by Gasteiger charge is 2.48. The Morgan fingerprint density at radius 2 is 1.76 bits per heavy atom. The number of thiazole rings is 1. The van der Waals surface area contributed by atoms with Crippen molar-refractivity contribution in [1.82, 2.24) is 4.98 Å². The second-order valence-corrected chi connectivity index (χ2v) is 9.31. The minimum atomic E-state index is -1.06. The molecule has 4 aromatic rings. The van der Waals surface area contributed by atoms with Gasteiger partial charge in [-0.3, -0.25) is 24.6 Å². The Morgan fingerprint density at radius 1 is 1.08 bits per heavy atom. The van der Waals surface area contributed by atoms with Gasteiger partial charge in [-0.25, -0.2) is 4.98 Å². The second-order valence-electron chi connectivity index (χ2n) is 8.31. The number of carbonyl (C=O) groups excluding carboxylic acids is 2. The molecule has 1 saturated heterocycles. The quantitative estimate of drug-likeness (QED) is 0.113. The highest BCUT2D eigenvalue weighted by molar-refractivity contribution is 7.22. The standard InChI is InChI=1S/C27H21N3O7S/c1-3-37-18-10-6-16(7-11-18)24(31)22-23(15-4-8-17(9-5-15)30(34)35)29(26(33)25(22)32)27-28-20-13-12-19(36-2)14-21(20)38-27/h4-14,23,31H,3H2,1-2H3/t23-/m0/s1. The van der Waals surface area contributed by atoms with Gasteiger partial charge in [0.1, 0.15) is 17.3 Å². The van der Waals surface area contributed by atoms with E-state index in [-0.39, 0.29) is 22.2 Å². The van der Waals surface area contributed by atoms with Crippen LogP contribution in [0.2, 0.25) is 0 Å².